The van der Waals surface area contributed by atoms with Gasteiger partial charge in [0.1, 0.15) is 5.60 Å². The minimum atomic E-state index is -0.461. The number of nitrogens with zero attached hydrogens (tertiary/aromatic N) is 1. The summed E-state index contributed by atoms with van der Waals surface area (Å²) in [5.74, 6) is 0.788. The summed E-state index contributed by atoms with van der Waals surface area (Å²) in [5.41, 5.74) is 0.850. The van der Waals surface area contributed by atoms with Crippen LogP contribution in [0.2, 0.25) is 5.02 Å². The Balaban J connectivity index is 1.68. The fourth-order valence-corrected chi connectivity index (χ4v) is 4.46. The lowest BCUT2D eigenvalue weighted by Crippen LogP contribution is -2.44. The van der Waals surface area contributed by atoms with Crippen LogP contribution in [0.1, 0.15) is 45.6 Å². The SMILES string of the molecule is CC(C)(C)OC(=O)N1CCC([C@@]2(c3ccc(Cl)cc3)C[C@@H]2CO)CC1. The summed E-state index contributed by atoms with van der Waals surface area (Å²) >= 11 is 6.04. The molecule has 0 radical (unpaired) electrons. The second-order valence-electron chi connectivity index (χ2n) is 8.37. The number of aliphatic hydroxyl groups is 1. The average Bonchev–Trinajstić information content (AvgIpc) is 3.30. The fraction of sp³-hybridized carbons (Fsp3) is 0.650. The summed E-state index contributed by atoms with van der Waals surface area (Å²) < 4.78 is 5.49. The summed E-state index contributed by atoms with van der Waals surface area (Å²) in [6.07, 6.45) is 2.68. The molecule has 2 aliphatic rings. The zero-order chi connectivity index (χ0) is 18.2. The summed E-state index contributed by atoms with van der Waals surface area (Å²) in [5, 5.41) is 10.5. The third kappa shape index (κ3) is 3.80. The van der Waals surface area contributed by atoms with Gasteiger partial charge in [-0.15, -0.1) is 0 Å². The second kappa shape index (κ2) is 6.81. The first-order chi connectivity index (χ1) is 11.8. The number of likely N-dealkylation sites (tertiary alicyclic amines) is 1. The minimum Gasteiger partial charge on any atom is -0.444 e. The Kier molecular flexibility index (Phi) is 5.04. The van der Waals surface area contributed by atoms with E-state index in [9.17, 15) is 9.90 Å². The predicted molar refractivity (Wildman–Crippen MR) is 98.9 cm³/mol. The van der Waals surface area contributed by atoms with Gasteiger partial charge in [0.2, 0.25) is 0 Å². The van der Waals surface area contributed by atoms with Gasteiger partial charge in [-0.2, -0.15) is 0 Å². The largest absolute Gasteiger partial charge is 0.444 e. The molecule has 1 N–H and O–H groups in total. The van der Waals surface area contributed by atoms with Crippen molar-refractivity contribution in [2.75, 3.05) is 19.7 Å². The van der Waals surface area contributed by atoms with Gasteiger partial charge < -0.3 is 14.7 Å². The maximum absolute atomic E-state index is 12.3. The first kappa shape index (κ1) is 18.5. The molecule has 1 aliphatic carbocycles. The van der Waals surface area contributed by atoms with Crippen LogP contribution in [0, 0.1) is 11.8 Å². The molecule has 1 aromatic carbocycles. The lowest BCUT2D eigenvalue weighted by atomic mass is 9.75. The molecule has 1 heterocycles. The molecule has 1 amide bonds. The molecule has 3 rings (SSSR count). The maximum atomic E-state index is 12.3. The number of hydrogen-bond donors (Lipinski definition) is 1. The molecule has 1 aliphatic heterocycles. The number of hydrogen-bond acceptors (Lipinski definition) is 3. The van der Waals surface area contributed by atoms with Crippen molar-refractivity contribution in [3.05, 3.63) is 34.9 Å². The van der Waals surface area contributed by atoms with Crippen LogP contribution >= 0.6 is 11.6 Å². The molecule has 0 aromatic heterocycles. The molecule has 0 spiro atoms. The monoisotopic (exact) mass is 365 g/mol. The van der Waals surface area contributed by atoms with Gasteiger partial charge in [-0.3, -0.25) is 0 Å². The van der Waals surface area contributed by atoms with Crippen molar-refractivity contribution in [3.8, 4) is 0 Å². The smallest absolute Gasteiger partial charge is 0.410 e. The number of aliphatic hydroxyl groups excluding tert-OH is 1. The normalized spacial score (nSPS) is 27.2. The molecular weight excluding hydrogens is 338 g/mol. The van der Waals surface area contributed by atoms with E-state index < -0.39 is 5.60 Å². The summed E-state index contributed by atoms with van der Waals surface area (Å²) in [6.45, 7) is 7.32. The standard InChI is InChI=1S/C20H28ClNO3/c1-19(2,3)25-18(24)22-10-8-15(9-11-22)20(12-16(20)13-23)14-4-6-17(21)7-5-14/h4-7,15-16,23H,8-13H2,1-3H3/t16-,20+/m1/s1. The molecule has 0 bridgehead atoms. The Morgan fingerprint density at radius 1 is 1.28 bits per heavy atom. The number of ether oxygens (including phenoxy) is 1. The van der Waals surface area contributed by atoms with E-state index in [2.05, 4.69) is 12.1 Å². The van der Waals surface area contributed by atoms with Crippen molar-refractivity contribution in [2.24, 2.45) is 11.8 Å². The molecular formula is C20H28ClNO3. The first-order valence-electron chi connectivity index (χ1n) is 9.11. The molecule has 5 heteroatoms. The zero-order valence-corrected chi connectivity index (χ0v) is 16.1. The van der Waals surface area contributed by atoms with Gasteiger partial charge in [0.15, 0.2) is 0 Å². The van der Waals surface area contributed by atoms with E-state index in [1.807, 2.05) is 37.8 Å². The summed E-state index contributed by atoms with van der Waals surface area (Å²) in [7, 11) is 0. The third-order valence-corrected chi connectivity index (χ3v) is 5.88. The molecule has 25 heavy (non-hydrogen) atoms. The first-order valence-corrected chi connectivity index (χ1v) is 9.49. The van der Waals surface area contributed by atoms with Gasteiger partial charge in [-0.1, -0.05) is 23.7 Å². The van der Waals surface area contributed by atoms with Crippen molar-refractivity contribution in [3.63, 3.8) is 0 Å². The van der Waals surface area contributed by atoms with E-state index in [1.165, 1.54) is 5.56 Å². The van der Waals surface area contributed by atoms with Crippen molar-refractivity contribution in [1.82, 2.24) is 4.90 Å². The molecule has 2 fully saturated rings. The summed E-state index contributed by atoms with van der Waals surface area (Å²) in [6, 6.07) is 8.05. The Labute approximate surface area is 155 Å². The number of piperidine rings is 1. The second-order valence-corrected chi connectivity index (χ2v) is 8.81. The lowest BCUT2D eigenvalue weighted by molar-refractivity contribution is 0.0163. The Morgan fingerprint density at radius 2 is 1.88 bits per heavy atom. The molecule has 1 saturated carbocycles. The van der Waals surface area contributed by atoms with Crippen LogP contribution in [0.4, 0.5) is 4.79 Å². The van der Waals surface area contributed by atoms with Crippen LogP contribution in [-0.4, -0.2) is 41.4 Å². The van der Waals surface area contributed by atoms with Crippen LogP contribution < -0.4 is 0 Å². The molecule has 0 unspecified atom stereocenters. The van der Waals surface area contributed by atoms with Crippen LogP contribution in [0.25, 0.3) is 0 Å². The van der Waals surface area contributed by atoms with Gasteiger partial charge in [-0.25, -0.2) is 4.79 Å². The van der Waals surface area contributed by atoms with Crippen LogP contribution in [-0.2, 0) is 10.2 Å². The quantitative estimate of drug-likeness (QED) is 0.871. The van der Waals surface area contributed by atoms with Crippen molar-refractivity contribution in [1.29, 1.82) is 0 Å². The number of carbonyl (C=O) groups excluding carboxylic acids is 1. The van der Waals surface area contributed by atoms with Gasteiger partial charge >= 0.3 is 6.09 Å². The van der Waals surface area contributed by atoms with Crippen LogP contribution in [0.5, 0.6) is 0 Å². The number of rotatable bonds is 3. The van der Waals surface area contributed by atoms with E-state index in [-0.39, 0.29) is 18.1 Å². The number of halogens is 1. The number of carbonyl (C=O) groups is 1. The maximum Gasteiger partial charge on any atom is 0.410 e. The topological polar surface area (TPSA) is 49.8 Å². The fourth-order valence-electron chi connectivity index (χ4n) is 4.33. The minimum absolute atomic E-state index is 0.0410. The Hall–Kier alpha value is -1.26. The Bertz CT molecular complexity index is 617. The van der Waals surface area contributed by atoms with Crippen LogP contribution in [0.15, 0.2) is 24.3 Å². The highest BCUT2D eigenvalue weighted by atomic mass is 35.5. The number of benzene rings is 1. The van der Waals surface area contributed by atoms with E-state index in [1.54, 1.807) is 0 Å². The molecule has 1 aromatic rings. The van der Waals surface area contributed by atoms with Crippen molar-refractivity contribution < 1.29 is 14.6 Å². The third-order valence-electron chi connectivity index (χ3n) is 5.63. The van der Waals surface area contributed by atoms with Gasteiger partial charge in [0.25, 0.3) is 0 Å². The summed E-state index contributed by atoms with van der Waals surface area (Å²) in [4.78, 5) is 14.1. The van der Waals surface area contributed by atoms with E-state index in [0.717, 1.165) is 24.3 Å². The molecule has 4 nitrogen and oxygen atoms in total. The zero-order valence-electron chi connectivity index (χ0n) is 15.3. The average molecular weight is 366 g/mol. The van der Waals surface area contributed by atoms with Crippen molar-refractivity contribution in [2.45, 2.75) is 51.0 Å². The lowest BCUT2D eigenvalue weighted by Gasteiger charge is -2.38. The molecule has 2 atom stereocenters. The van der Waals surface area contributed by atoms with Crippen LogP contribution in [0.3, 0.4) is 0 Å². The van der Waals surface area contributed by atoms with Gasteiger partial charge in [0.05, 0.1) is 0 Å². The van der Waals surface area contributed by atoms with E-state index in [4.69, 9.17) is 16.3 Å². The van der Waals surface area contributed by atoms with Gasteiger partial charge in [0, 0.05) is 30.1 Å². The highest BCUT2D eigenvalue weighted by Gasteiger charge is 2.59. The van der Waals surface area contributed by atoms with Crippen molar-refractivity contribution >= 4 is 17.7 Å². The highest BCUT2D eigenvalue weighted by molar-refractivity contribution is 6.30. The predicted octanol–water partition coefficient (Wildman–Crippen LogP) is 4.24. The van der Waals surface area contributed by atoms with Gasteiger partial charge in [-0.05, 0) is 69.6 Å². The van der Waals surface area contributed by atoms with E-state index >= 15 is 0 Å². The number of amides is 1. The highest BCUT2D eigenvalue weighted by Crippen LogP contribution is 2.61. The molecule has 138 valence electrons. The Morgan fingerprint density at radius 3 is 2.36 bits per heavy atom. The molecule has 1 saturated heterocycles. The van der Waals surface area contributed by atoms with E-state index in [0.29, 0.717) is 24.9 Å².